The summed E-state index contributed by atoms with van der Waals surface area (Å²) in [6.45, 7) is 4.14. The maximum Gasteiger partial charge on any atom is 0.214 e. The van der Waals surface area contributed by atoms with Crippen LogP contribution in [0.2, 0.25) is 0 Å². The van der Waals surface area contributed by atoms with Gasteiger partial charge in [-0.2, -0.15) is 0 Å². The number of hydrogen-bond donors (Lipinski definition) is 0. The van der Waals surface area contributed by atoms with Crippen LogP contribution in [0.1, 0.15) is 11.3 Å². The lowest BCUT2D eigenvalue weighted by atomic mass is 10.1. The lowest BCUT2D eigenvalue weighted by molar-refractivity contribution is -0.660. The second-order valence-corrected chi connectivity index (χ2v) is 3.84. The van der Waals surface area contributed by atoms with Crippen LogP contribution < -0.4 is 4.57 Å². The molecule has 0 bridgehead atoms. The third-order valence-electron chi connectivity index (χ3n) is 2.58. The minimum absolute atomic E-state index is 1.06. The topological polar surface area (TPSA) is 16.8 Å². The van der Waals surface area contributed by atoms with Gasteiger partial charge >= 0.3 is 0 Å². The van der Waals surface area contributed by atoms with Gasteiger partial charge < -0.3 is 0 Å². The summed E-state index contributed by atoms with van der Waals surface area (Å²) in [7, 11) is 2.05. The van der Waals surface area contributed by atoms with Crippen molar-refractivity contribution in [1.82, 2.24) is 4.98 Å². The van der Waals surface area contributed by atoms with Crippen LogP contribution in [0.25, 0.3) is 11.3 Å². The maximum absolute atomic E-state index is 4.34. The van der Waals surface area contributed by atoms with E-state index in [9.17, 15) is 0 Å². The second kappa shape index (κ2) is 3.81. The van der Waals surface area contributed by atoms with Crippen molar-refractivity contribution in [2.75, 3.05) is 0 Å². The highest BCUT2D eigenvalue weighted by atomic mass is 14.9. The van der Waals surface area contributed by atoms with Gasteiger partial charge in [0.15, 0.2) is 6.20 Å². The summed E-state index contributed by atoms with van der Waals surface area (Å²) < 4.78 is 2.11. The van der Waals surface area contributed by atoms with Gasteiger partial charge in [-0.15, -0.1) is 0 Å². The predicted molar refractivity (Wildman–Crippen MR) is 60.3 cm³/mol. The molecule has 0 amide bonds. The molecule has 2 aromatic heterocycles. The van der Waals surface area contributed by atoms with Gasteiger partial charge in [-0.1, -0.05) is 0 Å². The standard InChI is InChI=1S/C13H15N2/c1-10-8-11(2)14-9-12(10)13-6-4-5-7-15(13)3/h4-9H,1-3H3/q+1. The summed E-state index contributed by atoms with van der Waals surface area (Å²) in [5.74, 6) is 0. The second-order valence-electron chi connectivity index (χ2n) is 3.84. The van der Waals surface area contributed by atoms with Gasteiger partial charge in [0.1, 0.15) is 7.05 Å². The molecule has 0 unspecified atom stereocenters. The van der Waals surface area contributed by atoms with Crippen molar-refractivity contribution in [3.63, 3.8) is 0 Å². The van der Waals surface area contributed by atoms with E-state index in [4.69, 9.17) is 0 Å². The Hall–Kier alpha value is -1.70. The van der Waals surface area contributed by atoms with Gasteiger partial charge in [0, 0.05) is 24.0 Å². The van der Waals surface area contributed by atoms with Gasteiger partial charge in [0.2, 0.25) is 5.69 Å². The molecular weight excluding hydrogens is 184 g/mol. The van der Waals surface area contributed by atoms with E-state index in [-0.39, 0.29) is 0 Å². The number of pyridine rings is 2. The molecule has 0 aliphatic heterocycles. The van der Waals surface area contributed by atoms with Crippen LogP contribution in [-0.2, 0) is 7.05 Å². The van der Waals surface area contributed by atoms with Crippen LogP contribution in [-0.4, -0.2) is 4.98 Å². The van der Waals surface area contributed by atoms with E-state index in [2.05, 4.69) is 47.9 Å². The first-order valence-electron chi connectivity index (χ1n) is 5.07. The average molecular weight is 199 g/mol. The van der Waals surface area contributed by atoms with Crippen LogP contribution in [0, 0.1) is 13.8 Å². The molecule has 2 aromatic rings. The Morgan fingerprint density at radius 3 is 2.67 bits per heavy atom. The zero-order valence-electron chi connectivity index (χ0n) is 9.36. The molecule has 0 aromatic carbocycles. The van der Waals surface area contributed by atoms with Crippen molar-refractivity contribution in [2.45, 2.75) is 13.8 Å². The minimum atomic E-state index is 1.06. The number of hydrogen-bond acceptors (Lipinski definition) is 1. The summed E-state index contributed by atoms with van der Waals surface area (Å²) in [5.41, 5.74) is 4.73. The fraction of sp³-hybridized carbons (Fsp3) is 0.231. The highest BCUT2D eigenvalue weighted by Gasteiger charge is 2.11. The van der Waals surface area contributed by atoms with Crippen LogP contribution in [0.15, 0.2) is 36.7 Å². The van der Waals surface area contributed by atoms with E-state index < -0.39 is 0 Å². The molecule has 0 radical (unpaired) electrons. The summed E-state index contributed by atoms with van der Waals surface area (Å²) in [5, 5.41) is 0. The first-order chi connectivity index (χ1) is 7.18. The summed E-state index contributed by atoms with van der Waals surface area (Å²) >= 11 is 0. The molecule has 2 heteroatoms. The molecule has 0 aliphatic carbocycles. The van der Waals surface area contributed by atoms with Crippen LogP contribution in [0.4, 0.5) is 0 Å². The predicted octanol–water partition coefficient (Wildman–Crippen LogP) is 2.19. The zero-order chi connectivity index (χ0) is 10.8. The van der Waals surface area contributed by atoms with Gasteiger partial charge in [-0.3, -0.25) is 4.98 Å². The lowest BCUT2D eigenvalue weighted by Gasteiger charge is -2.04. The van der Waals surface area contributed by atoms with Crippen molar-refractivity contribution < 1.29 is 4.57 Å². The van der Waals surface area contributed by atoms with E-state index in [0.29, 0.717) is 0 Å². The highest BCUT2D eigenvalue weighted by Crippen LogP contribution is 2.18. The maximum atomic E-state index is 4.34. The minimum Gasteiger partial charge on any atom is -0.261 e. The molecule has 0 saturated heterocycles. The van der Waals surface area contributed by atoms with Crippen molar-refractivity contribution in [3.05, 3.63) is 47.9 Å². The Balaban J connectivity index is 2.60. The van der Waals surface area contributed by atoms with Crippen molar-refractivity contribution in [2.24, 2.45) is 7.05 Å². The molecule has 0 N–H and O–H groups in total. The molecule has 2 rings (SSSR count). The molecule has 0 fully saturated rings. The Kier molecular flexibility index (Phi) is 2.50. The highest BCUT2D eigenvalue weighted by molar-refractivity contribution is 5.59. The lowest BCUT2D eigenvalue weighted by Crippen LogP contribution is -2.30. The molecule has 2 heterocycles. The van der Waals surface area contributed by atoms with Gasteiger partial charge in [-0.05, 0) is 31.5 Å². The Morgan fingerprint density at radius 1 is 1.20 bits per heavy atom. The molecule has 0 saturated carbocycles. The third-order valence-corrected chi connectivity index (χ3v) is 2.58. The summed E-state index contributed by atoms with van der Waals surface area (Å²) in [4.78, 5) is 4.34. The average Bonchev–Trinajstić information content (AvgIpc) is 2.20. The molecule has 2 nitrogen and oxygen atoms in total. The normalized spacial score (nSPS) is 10.3. The molecule has 0 aliphatic rings. The van der Waals surface area contributed by atoms with E-state index >= 15 is 0 Å². The Labute approximate surface area is 90.2 Å². The SMILES string of the molecule is Cc1cc(C)c(-c2cccc[n+]2C)cn1. The van der Waals surface area contributed by atoms with Crippen molar-refractivity contribution in [3.8, 4) is 11.3 Å². The number of rotatable bonds is 1. The Bertz CT molecular complexity index is 490. The van der Waals surface area contributed by atoms with Gasteiger partial charge in [0.05, 0.1) is 5.56 Å². The van der Waals surface area contributed by atoms with E-state index in [1.54, 1.807) is 0 Å². The molecular formula is C13H15N2+. The summed E-state index contributed by atoms with van der Waals surface area (Å²) in [6.07, 6.45) is 3.99. The molecule has 76 valence electrons. The van der Waals surface area contributed by atoms with Crippen LogP contribution in [0.3, 0.4) is 0 Å². The zero-order valence-corrected chi connectivity index (χ0v) is 9.36. The quantitative estimate of drug-likeness (QED) is 0.643. The number of aromatic nitrogens is 2. The Morgan fingerprint density at radius 2 is 2.00 bits per heavy atom. The van der Waals surface area contributed by atoms with E-state index in [0.717, 1.165) is 5.69 Å². The van der Waals surface area contributed by atoms with Crippen LogP contribution >= 0.6 is 0 Å². The number of aryl methyl sites for hydroxylation is 3. The fourth-order valence-electron chi connectivity index (χ4n) is 1.77. The monoisotopic (exact) mass is 199 g/mol. The van der Waals surface area contributed by atoms with Crippen molar-refractivity contribution in [1.29, 1.82) is 0 Å². The molecule has 15 heavy (non-hydrogen) atoms. The smallest absolute Gasteiger partial charge is 0.214 e. The first kappa shape index (κ1) is 9.84. The molecule has 0 atom stereocenters. The van der Waals surface area contributed by atoms with Gasteiger partial charge in [-0.25, -0.2) is 4.57 Å². The largest absolute Gasteiger partial charge is 0.261 e. The fourth-order valence-corrected chi connectivity index (χ4v) is 1.77. The number of nitrogens with zero attached hydrogens (tertiary/aromatic N) is 2. The van der Waals surface area contributed by atoms with E-state index in [1.807, 2.05) is 19.2 Å². The third kappa shape index (κ3) is 1.89. The first-order valence-corrected chi connectivity index (χ1v) is 5.07. The van der Waals surface area contributed by atoms with Gasteiger partial charge in [0.25, 0.3) is 0 Å². The van der Waals surface area contributed by atoms with E-state index in [1.165, 1.54) is 16.8 Å². The summed E-state index contributed by atoms with van der Waals surface area (Å²) in [6, 6.07) is 8.30. The van der Waals surface area contributed by atoms with Crippen LogP contribution in [0.5, 0.6) is 0 Å². The van der Waals surface area contributed by atoms with Crippen molar-refractivity contribution >= 4 is 0 Å². The molecule has 0 spiro atoms.